The van der Waals surface area contributed by atoms with Crippen molar-refractivity contribution in [1.82, 2.24) is 14.9 Å². The van der Waals surface area contributed by atoms with Crippen LogP contribution < -0.4 is 4.74 Å². The summed E-state index contributed by atoms with van der Waals surface area (Å²) in [6, 6.07) is 14.6. The molecule has 3 heterocycles. The predicted molar refractivity (Wildman–Crippen MR) is 120 cm³/mol. The zero-order chi connectivity index (χ0) is 23.2. The zero-order valence-corrected chi connectivity index (χ0v) is 18.7. The minimum atomic E-state index is -1.10. The molecule has 1 aliphatic heterocycles. The molecule has 0 aliphatic carbocycles. The molecule has 1 amide bonds. The summed E-state index contributed by atoms with van der Waals surface area (Å²) in [6.07, 6.45) is 0. The maximum absolute atomic E-state index is 12.1. The van der Waals surface area contributed by atoms with Gasteiger partial charge in [0.2, 0.25) is 11.8 Å². The Balaban J connectivity index is 1.79. The zero-order valence-electron chi connectivity index (χ0n) is 18.7. The van der Waals surface area contributed by atoms with Crippen LogP contribution in [0, 0.1) is 12.3 Å². The van der Waals surface area contributed by atoms with Crippen LogP contribution in [-0.4, -0.2) is 45.9 Å². The highest BCUT2D eigenvalue weighted by atomic mass is 16.5. The molecule has 0 fully saturated rings. The molecule has 0 unspecified atom stereocenters. The number of ether oxygens (including phenoxy) is 1. The number of benzene rings is 1. The minimum Gasteiger partial charge on any atom is -0.481 e. The SMILES string of the molecule is Cc1ccc2c(n1)Oc1nc(-c3ccc(C(=O)N(C)C)cc3)ccc1[C@H]2C(C)(C)C(=O)O. The van der Waals surface area contributed by atoms with Gasteiger partial charge in [0.05, 0.1) is 11.1 Å². The molecule has 4 rings (SSSR count). The molecule has 3 aromatic rings. The number of rotatable bonds is 4. The van der Waals surface area contributed by atoms with Gasteiger partial charge in [-0.3, -0.25) is 9.59 Å². The van der Waals surface area contributed by atoms with Gasteiger partial charge in [-0.1, -0.05) is 24.3 Å². The molecular formula is C25H25N3O4. The second-order valence-corrected chi connectivity index (χ2v) is 8.78. The van der Waals surface area contributed by atoms with Crippen LogP contribution in [0.4, 0.5) is 0 Å². The summed E-state index contributed by atoms with van der Waals surface area (Å²) in [4.78, 5) is 35.0. The van der Waals surface area contributed by atoms with E-state index in [4.69, 9.17) is 9.72 Å². The molecule has 1 N–H and O–H groups in total. The molecule has 164 valence electrons. The first-order valence-electron chi connectivity index (χ1n) is 10.3. The second kappa shape index (κ2) is 7.75. The topological polar surface area (TPSA) is 92.6 Å². The number of amides is 1. The number of aromatic nitrogens is 2. The van der Waals surface area contributed by atoms with Crippen LogP contribution in [-0.2, 0) is 4.79 Å². The van der Waals surface area contributed by atoms with E-state index in [9.17, 15) is 14.7 Å². The van der Waals surface area contributed by atoms with Crippen molar-refractivity contribution in [2.45, 2.75) is 26.7 Å². The molecule has 0 bridgehead atoms. The first-order valence-corrected chi connectivity index (χ1v) is 10.3. The smallest absolute Gasteiger partial charge is 0.310 e. The first kappa shape index (κ1) is 21.5. The van der Waals surface area contributed by atoms with Crippen molar-refractivity contribution in [1.29, 1.82) is 0 Å². The summed E-state index contributed by atoms with van der Waals surface area (Å²) in [7, 11) is 3.42. The number of hydrogen-bond acceptors (Lipinski definition) is 5. The lowest BCUT2D eigenvalue weighted by Gasteiger charge is -2.35. The van der Waals surface area contributed by atoms with Gasteiger partial charge >= 0.3 is 5.97 Å². The Kier molecular flexibility index (Phi) is 5.20. The number of carbonyl (C=O) groups excluding carboxylic acids is 1. The van der Waals surface area contributed by atoms with Crippen LogP contribution in [0.25, 0.3) is 11.3 Å². The lowest BCUT2D eigenvalue weighted by Crippen LogP contribution is -2.34. The molecule has 2 aromatic heterocycles. The molecule has 7 heteroatoms. The van der Waals surface area contributed by atoms with E-state index in [1.165, 1.54) is 4.90 Å². The number of hydrogen-bond donors (Lipinski definition) is 1. The summed E-state index contributed by atoms with van der Waals surface area (Å²) < 4.78 is 6.04. The highest BCUT2D eigenvalue weighted by molar-refractivity contribution is 5.94. The summed E-state index contributed by atoms with van der Waals surface area (Å²) in [5.41, 5.74) is 3.19. The molecular weight excluding hydrogens is 406 g/mol. The van der Waals surface area contributed by atoms with E-state index in [1.54, 1.807) is 40.1 Å². The maximum Gasteiger partial charge on any atom is 0.310 e. The highest BCUT2D eigenvalue weighted by Crippen LogP contribution is 2.51. The summed E-state index contributed by atoms with van der Waals surface area (Å²) in [6.45, 7) is 5.26. The van der Waals surface area contributed by atoms with Crippen molar-refractivity contribution in [2.24, 2.45) is 5.41 Å². The third-order valence-electron chi connectivity index (χ3n) is 5.84. The van der Waals surface area contributed by atoms with Crippen LogP contribution in [0.5, 0.6) is 11.8 Å². The van der Waals surface area contributed by atoms with Gasteiger partial charge in [0, 0.05) is 48.0 Å². The van der Waals surface area contributed by atoms with E-state index in [0.717, 1.165) is 16.8 Å². The molecule has 1 atom stereocenters. The van der Waals surface area contributed by atoms with E-state index in [-0.39, 0.29) is 5.91 Å². The minimum absolute atomic E-state index is 0.0740. The second-order valence-electron chi connectivity index (χ2n) is 8.78. The summed E-state index contributed by atoms with van der Waals surface area (Å²) in [5, 5.41) is 9.93. The molecule has 0 saturated heterocycles. The van der Waals surface area contributed by atoms with Crippen molar-refractivity contribution in [3.63, 3.8) is 0 Å². The van der Waals surface area contributed by atoms with Crippen molar-refractivity contribution in [3.05, 3.63) is 70.9 Å². The van der Waals surface area contributed by atoms with Gasteiger partial charge in [0.1, 0.15) is 0 Å². The average Bonchev–Trinajstić information content (AvgIpc) is 2.76. The summed E-state index contributed by atoms with van der Waals surface area (Å²) >= 11 is 0. The number of aliphatic carboxylic acids is 1. The Bertz CT molecular complexity index is 1220. The quantitative estimate of drug-likeness (QED) is 0.654. The van der Waals surface area contributed by atoms with Crippen molar-refractivity contribution < 1.29 is 19.4 Å². The van der Waals surface area contributed by atoms with E-state index >= 15 is 0 Å². The van der Waals surface area contributed by atoms with Gasteiger partial charge in [0.25, 0.3) is 5.91 Å². The van der Waals surface area contributed by atoms with Crippen molar-refractivity contribution in [3.8, 4) is 23.0 Å². The normalized spacial score (nSPS) is 14.7. The molecule has 0 saturated carbocycles. The monoisotopic (exact) mass is 431 g/mol. The number of fused-ring (bicyclic) bond motifs is 2. The van der Waals surface area contributed by atoms with Crippen LogP contribution in [0.15, 0.2) is 48.5 Å². The molecule has 1 aliphatic rings. The Morgan fingerprint density at radius 1 is 0.938 bits per heavy atom. The number of carboxylic acids is 1. The molecule has 0 spiro atoms. The number of pyridine rings is 2. The number of nitrogens with zero attached hydrogens (tertiary/aromatic N) is 3. The fourth-order valence-electron chi connectivity index (χ4n) is 3.96. The van der Waals surface area contributed by atoms with Crippen molar-refractivity contribution >= 4 is 11.9 Å². The lowest BCUT2D eigenvalue weighted by molar-refractivity contribution is -0.147. The van der Waals surface area contributed by atoms with Crippen LogP contribution in [0.1, 0.15) is 46.9 Å². The number of carbonyl (C=O) groups is 2. The fourth-order valence-corrected chi connectivity index (χ4v) is 3.96. The van der Waals surface area contributed by atoms with E-state index in [0.29, 0.717) is 28.6 Å². The van der Waals surface area contributed by atoms with Gasteiger partial charge < -0.3 is 14.7 Å². The number of aryl methyl sites for hydroxylation is 1. The van der Waals surface area contributed by atoms with Gasteiger partial charge in [0.15, 0.2) is 0 Å². The number of carboxylic acid groups (broad SMARTS) is 1. The van der Waals surface area contributed by atoms with E-state index in [1.807, 2.05) is 43.3 Å². The van der Waals surface area contributed by atoms with E-state index < -0.39 is 17.3 Å². The molecule has 32 heavy (non-hydrogen) atoms. The Morgan fingerprint density at radius 2 is 1.53 bits per heavy atom. The van der Waals surface area contributed by atoms with Gasteiger partial charge in [-0.05, 0) is 45.0 Å². The highest BCUT2D eigenvalue weighted by Gasteiger charge is 2.44. The lowest BCUT2D eigenvalue weighted by atomic mass is 9.71. The Morgan fingerprint density at radius 3 is 2.12 bits per heavy atom. The fraction of sp³-hybridized carbons (Fsp3) is 0.280. The van der Waals surface area contributed by atoms with Gasteiger partial charge in [-0.25, -0.2) is 9.97 Å². The first-order chi connectivity index (χ1) is 15.1. The predicted octanol–water partition coefficient (Wildman–Crippen LogP) is 4.50. The van der Waals surface area contributed by atoms with Crippen LogP contribution in [0.3, 0.4) is 0 Å². The van der Waals surface area contributed by atoms with E-state index in [2.05, 4.69) is 4.98 Å². The summed E-state index contributed by atoms with van der Waals surface area (Å²) in [5.74, 6) is -0.718. The van der Waals surface area contributed by atoms with Crippen LogP contribution >= 0.6 is 0 Å². The maximum atomic E-state index is 12.1. The van der Waals surface area contributed by atoms with Crippen molar-refractivity contribution in [2.75, 3.05) is 14.1 Å². The molecule has 0 radical (unpaired) electrons. The van der Waals surface area contributed by atoms with Gasteiger partial charge in [-0.2, -0.15) is 0 Å². The Labute approximate surface area is 186 Å². The standard InChI is InChI=1S/C25H25N3O4/c1-14-6-11-17-20(25(2,3)24(30)31)18-12-13-19(27-22(18)32-21(17)26-14)15-7-9-16(10-8-15)23(29)28(4)5/h6-13,20H,1-5H3,(H,30,31)/t20-/m0/s1. The average molecular weight is 431 g/mol. The molecule has 7 nitrogen and oxygen atoms in total. The third kappa shape index (κ3) is 3.60. The van der Waals surface area contributed by atoms with Crippen LogP contribution in [0.2, 0.25) is 0 Å². The third-order valence-corrected chi connectivity index (χ3v) is 5.84. The van der Waals surface area contributed by atoms with Gasteiger partial charge in [-0.15, -0.1) is 0 Å². The largest absolute Gasteiger partial charge is 0.481 e. The Hall–Kier alpha value is -3.74. The molecule has 1 aromatic carbocycles.